The number of hydrogen-bond acceptors (Lipinski definition) is 9. The average molecular weight is 597 g/mol. The Balaban J connectivity index is 1.33. The van der Waals surface area contributed by atoms with Crippen molar-refractivity contribution in [3.63, 3.8) is 0 Å². The molecule has 0 bridgehead atoms. The number of benzene rings is 3. The van der Waals surface area contributed by atoms with Gasteiger partial charge >= 0.3 is 0 Å². The highest BCUT2D eigenvalue weighted by Crippen LogP contribution is 2.37. The molecule has 1 aromatic heterocycles. The van der Waals surface area contributed by atoms with Crippen LogP contribution in [-0.2, 0) is 22.7 Å². The second-order valence-electron chi connectivity index (χ2n) is 9.72. The van der Waals surface area contributed by atoms with E-state index in [0.717, 1.165) is 11.1 Å². The number of aliphatic hydroxyl groups is 1. The summed E-state index contributed by atoms with van der Waals surface area (Å²) in [5.74, 6) is -0.0688. The molecule has 0 aliphatic heterocycles. The first-order valence-corrected chi connectivity index (χ1v) is 13.9. The summed E-state index contributed by atoms with van der Waals surface area (Å²) in [6.45, 7) is 1.15. The number of nitrogens with zero attached hydrogens (tertiary/aromatic N) is 4. The molecule has 4 atom stereocenters. The minimum Gasteiger partial charge on any atom is -0.391 e. The summed E-state index contributed by atoms with van der Waals surface area (Å²) in [6.07, 6.45) is -0.613. The molecule has 9 nitrogen and oxygen atoms in total. The smallest absolute Gasteiger partial charge is 0.223 e. The number of nitrogens with two attached hydrogens (primary N) is 1. The third-order valence-electron chi connectivity index (χ3n) is 6.82. The Labute approximate surface area is 248 Å². The van der Waals surface area contributed by atoms with Crippen LogP contribution in [0.2, 0.25) is 10.2 Å². The fourth-order valence-electron chi connectivity index (χ4n) is 4.71. The summed E-state index contributed by atoms with van der Waals surface area (Å²) in [5, 5.41) is 23.9. The Bertz CT molecular complexity index is 1440. The van der Waals surface area contributed by atoms with Crippen molar-refractivity contribution >= 4 is 46.3 Å². The Hall–Kier alpha value is -3.60. The van der Waals surface area contributed by atoms with Crippen LogP contribution < -0.4 is 11.1 Å². The molecule has 0 amide bonds. The van der Waals surface area contributed by atoms with Crippen molar-refractivity contribution in [2.75, 3.05) is 17.7 Å². The topological polar surface area (TPSA) is 127 Å². The number of nitrogens with one attached hydrogen (secondary N) is 1. The van der Waals surface area contributed by atoms with Gasteiger partial charge in [0.1, 0.15) is 0 Å². The summed E-state index contributed by atoms with van der Waals surface area (Å²) >= 11 is 12.4. The van der Waals surface area contributed by atoms with E-state index < -0.39 is 12.1 Å². The highest BCUT2D eigenvalue weighted by Gasteiger charge is 2.44. The maximum Gasteiger partial charge on any atom is 0.223 e. The van der Waals surface area contributed by atoms with E-state index in [1.54, 1.807) is 24.3 Å². The second-order valence-corrected chi connectivity index (χ2v) is 10.5. The number of rotatable bonds is 11. The lowest BCUT2D eigenvalue weighted by Gasteiger charge is -2.23. The molecule has 4 N–H and O–H groups in total. The van der Waals surface area contributed by atoms with Gasteiger partial charge in [0.2, 0.25) is 5.95 Å². The van der Waals surface area contributed by atoms with Gasteiger partial charge in [-0.3, -0.25) is 0 Å². The monoisotopic (exact) mass is 596 g/mol. The van der Waals surface area contributed by atoms with E-state index in [-0.39, 0.29) is 34.6 Å². The quantitative estimate of drug-likeness (QED) is 0.129. The molecule has 0 unspecified atom stereocenters. The highest BCUT2D eigenvalue weighted by molar-refractivity contribution is 6.32. The van der Waals surface area contributed by atoms with Crippen LogP contribution in [0.1, 0.15) is 17.5 Å². The normalized spacial score (nSPS) is 20.5. The third kappa shape index (κ3) is 7.78. The molecule has 1 heterocycles. The zero-order valence-electron chi connectivity index (χ0n) is 22.1. The summed E-state index contributed by atoms with van der Waals surface area (Å²) in [4.78, 5) is 8.34. The Morgan fingerprint density at radius 3 is 2.22 bits per heavy atom. The number of halogens is 2. The van der Waals surface area contributed by atoms with Crippen molar-refractivity contribution in [1.29, 1.82) is 0 Å². The molecule has 1 aliphatic carbocycles. The SMILES string of the molecule is N[13c]1n[13c](Cl)[13c](N=Nc2ccc(Cl)cc2)[13c](N[C@H]2C[C@H](OCc3ccccc3)[C@@H](COCc3ccccc3)[C@@H]2O)n1. The van der Waals surface area contributed by atoms with Gasteiger partial charge in [-0.25, -0.2) is 0 Å². The number of ether oxygens (including phenoxy) is 2. The lowest BCUT2D eigenvalue weighted by atomic mass is 10.0. The zero-order chi connectivity index (χ0) is 28.6. The molecule has 4 aromatic rings. The molecule has 0 radical (unpaired) electrons. The van der Waals surface area contributed by atoms with Gasteiger partial charge in [0, 0.05) is 10.9 Å². The van der Waals surface area contributed by atoms with Crippen molar-refractivity contribution in [2.45, 2.75) is 37.9 Å². The van der Waals surface area contributed by atoms with Gasteiger partial charge in [0.15, 0.2) is 16.7 Å². The number of hydrogen-bond donors (Lipinski definition) is 3. The minimum atomic E-state index is -0.817. The first kappa shape index (κ1) is 28.9. The molecule has 3 aromatic carbocycles. The molecule has 0 saturated heterocycles. The van der Waals surface area contributed by atoms with Crippen molar-refractivity contribution in [3.05, 3.63) is 106 Å². The van der Waals surface area contributed by atoms with E-state index in [0.29, 0.717) is 37.0 Å². The van der Waals surface area contributed by atoms with Gasteiger partial charge in [0.05, 0.1) is 43.8 Å². The van der Waals surface area contributed by atoms with E-state index >= 15 is 0 Å². The second kappa shape index (κ2) is 13.8. The minimum absolute atomic E-state index is 0.0322. The van der Waals surface area contributed by atoms with Crippen molar-refractivity contribution in [2.24, 2.45) is 16.1 Å². The molecule has 0 spiro atoms. The van der Waals surface area contributed by atoms with E-state index in [2.05, 4.69) is 25.5 Å². The van der Waals surface area contributed by atoms with Gasteiger partial charge in [0.25, 0.3) is 0 Å². The van der Waals surface area contributed by atoms with E-state index in [1.165, 1.54) is 0 Å². The van der Waals surface area contributed by atoms with Crippen LogP contribution >= 0.6 is 23.2 Å². The van der Waals surface area contributed by atoms with Crippen LogP contribution in [0.5, 0.6) is 0 Å². The Morgan fingerprint density at radius 2 is 1.54 bits per heavy atom. The fourth-order valence-corrected chi connectivity index (χ4v) is 5.05. The molecule has 11 heteroatoms. The number of anilines is 2. The van der Waals surface area contributed by atoms with Gasteiger partial charge in [-0.1, -0.05) is 83.9 Å². The fraction of sp³-hybridized carbons (Fsp3) is 0.267. The van der Waals surface area contributed by atoms with Gasteiger partial charge in [-0.2, -0.15) is 15.1 Å². The average Bonchev–Trinajstić information content (AvgIpc) is 3.27. The molecular weight excluding hydrogens is 567 g/mol. The molecule has 41 heavy (non-hydrogen) atoms. The maximum atomic E-state index is 11.4. The summed E-state index contributed by atoms with van der Waals surface area (Å²) in [6, 6.07) is 26.2. The maximum absolute atomic E-state index is 11.4. The molecule has 212 valence electrons. The van der Waals surface area contributed by atoms with Gasteiger partial charge in [-0.15, -0.1) is 5.11 Å². The van der Waals surface area contributed by atoms with Crippen molar-refractivity contribution in [3.8, 4) is 0 Å². The van der Waals surface area contributed by atoms with Gasteiger partial charge in [-0.05, 0) is 41.8 Å². The summed E-state index contributed by atoms with van der Waals surface area (Å²) in [7, 11) is 0. The lowest BCUT2D eigenvalue weighted by molar-refractivity contribution is -0.0463. The first-order valence-electron chi connectivity index (χ1n) is 13.2. The Morgan fingerprint density at radius 1 is 0.878 bits per heavy atom. The predicted molar refractivity (Wildman–Crippen MR) is 160 cm³/mol. The molecule has 1 saturated carbocycles. The van der Waals surface area contributed by atoms with Crippen LogP contribution in [0.4, 0.5) is 23.1 Å². The standard InChI is InChI=1S/C30H30Cl2N6O3/c31-21-11-13-22(14-12-21)37-38-26-28(32)35-30(33)36-29(26)34-24-15-25(41-17-20-9-5-2-6-10-20)23(27(24)39)18-40-16-19-7-3-1-4-8-19/h1-14,23-25,27,39H,15-18H2,(H3,33,34,35,36)/t23-,24+,25+,27+/m1/s1/i26+1,28+1,29+1,30+1. The van der Waals surface area contributed by atoms with E-state index in [4.69, 9.17) is 38.4 Å². The van der Waals surface area contributed by atoms with Crippen LogP contribution in [0, 0.1) is 5.92 Å². The number of aromatic nitrogens is 2. The van der Waals surface area contributed by atoms with Crippen LogP contribution in [0.25, 0.3) is 0 Å². The number of aliphatic hydroxyl groups excluding tert-OH is 1. The van der Waals surface area contributed by atoms with Crippen LogP contribution in [0.3, 0.4) is 0 Å². The highest BCUT2D eigenvalue weighted by atomic mass is 35.5. The lowest BCUT2D eigenvalue weighted by Crippen LogP contribution is -2.35. The molecule has 1 aliphatic rings. The van der Waals surface area contributed by atoms with E-state index in [9.17, 15) is 5.11 Å². The van der Waals surface area contributed by atoms with Crippen molar-refractivity contribution in [1.82, 2.24) is 9.97 Å². The molecule has 5 rings (SSSR count). The summed E-state index contributed by atoms with van der Waals surface area (Å²) < 4.78 is 12.4. The first-order chi connectivity index (χ1) is 20.0. The summed E-state index contributed by atoms with van der Waals surface area (Å²) in [5.41, 5.74) is 8.78. The van der Waals surface area contributed by atoms with E-state index in [1.807, 2.05) is 60.7 Å². The number of azo groups is 1. The molecule has 1 fully saturated rings. The van der Waals surface area contributed by atoms with Crippen molar-refractivity contribution < 1.29 is 14.6 Å². The zero-order valence-corrected chi connectivity index (χ0v) is 23.6. The van der Waals surface area contributed by atoms with Crippen LogP contribution in [0.15, 0.2) is 95.2 Å². The Kier molecular flexibility index (Phi) is 9.76. The van der Waals surface area contributed by atoms with Gasteiger partial charge < -0.3 is 25.6 Å². The van der Waals surface area contributed by atoms with Crippen LogP contribution in [-0.4, -0.2) is 39.9 Å². The number of nitrogen functional groups attached to an aromatic ring is 1. The largest absolute Gasteiger partial charge is 0.391 e. The predicted octanol–water partition coefficient (Wildman–Crippen LogP) is 6.74. The third-order valence-corrected chi connectivity index (χ3v) is 7.33. The molecular formula is C30H30Cl2N6O3.